The zero-order valence-corrected chi connectivity index (χ0v) is 11.6. The summed E-state index contributed by atoms with van der Waals surface area (Å²) in [5, 5.41) is 0.744. The molecule has 2 N–H and O–H groups in total. The lowest BCUT2D eigenvalue weighted by Gasteiger charge is -2.27. The van der Waals surface area contributed by atoms with Crippen LogP contribution in [0.2, 0.25) is 0 Å². The van der Waals surface area contributed by atoms with Gasteiger partial charge in [-0.05, 0) is 43.7 Å². The normalized spacial score (nSPS) is 22.9. The Morgan fingerprint density at radius 2 is 2.05 bits per heavy atom. The Kier molecular flexibility index (Phi) is 3.47. The van der Waals surface area contributed by atoms with Gasteiger partial charge in [-0.2, -0.15) is 0 Å². The molecule has 0 aliphatic heterocycles. The smallest absolute Gasteiger partial charge is 0.181 e. The molecule has 0 unspecified atom stereocenters. The lowest BCUT2D eigenvalue weighted by atomic mass is 9.89. The summed E-state index contributed by atoms with van der Waals surface area (Å²) < 4.78 is 20.1. The van der Waals surface area contributed by atoms with Crippen molar-refractivity contribution in [2.24, 2.45) is 5.92 Å². The molecule has 1 heterocycles. The Morgan fingerprint density at radius 1 is 1.30 bits per heavy atom. The Labute approximate surface area is 118 Å². The number of rotatable bonds is 2. The van der Waals surface area contributed by atoms with Crippen molar-refractivity contribution >= 4 is 16.6 Å². The molecule has 1 aliphatic rings. The van der Waals surface area contributed by atoms with Crippen LogP contribution < -0.4 is 10.5 Å². The summed E-state index contributed by atoms with van der Waals surface area (Å²) in [4.78, 5) is 4.24. The fourth-order valence-corrected chi connectivity index (χ4v) is 2.84. The molecule has 4 heteroatoms. The predicted molar refractivity (Wildman–Crippen MR) is 78.2 cm³/mol. The molecular formula is C16H19FN2O. The number of hydrogen-bond donors (Lipinski definition) is 1. The van der Waals surface area contributed by atoms with E-state index < -0.39 is 5.82 Å². The number of benzene rings is 1. The highest BCUT2D eigenvalue weighted by molar-refractivity contribution is 5.94. The van der Waals surface area contributed by atoms with Crippen LogP contribution in [0.1, 0.15) is 32.6 Å². The quantitative estimate of drug-likeness (QED) is 0.844. The minimum atomic E-state index is -0.424. The molecule has 106 valence electrons. The van der Waals surface area contributed by atoms with E-state index in [1.54, 1.807) is 12.3 Å². The van der Waals surface area contributed by atoms with Crippen molar-refractivity contribution in [3.05, 3.63) is 30.2 Å². The zero-order chi connectivity index (χ0) is 14.1. The summed E-state index contributed by atoms with van der Waals surface area (Å²) in [5.41, 5.74) is 6.76. The van der Waals surface area contributed by atoms with Crippen LogP contribution in [0.5, 0.6) is 5.75 Å². The highest BCUT2D eigenvalue weighted by atomic mass is 19.1. The van der Waals surface area contributed by atoms with Crippen molar-refractivity contribution in [1.29, 1.82) is 0 Å². The van der Waals surface area contributed by atoms with Gasteiger partial charge in [0.25, 0.3) is 0 Å². The van der Waals surface area contributed by atoms with Gasteiger partial charge in [0.1, 0.15) is 5.52 Å². The van der Waals surface area contributed by atoms with Crippen LogP contribution in [0.15, 0.2) is 24.4 Å². The molecular weight excluding hydrogens is 255 g/mol. The SMILES string of the molecule is CC1CCC(Oc2c(F)cc(N)c3cccnc23)CC1. The van der Waals surface area contributed by atoms with E-state index in [1.807, 2.05) is 6.07 Å². The first-order valence-corrected chi connectivity index (χ1v) is 7.14. The average Bonchev–Trinajstić information content (AvgIpc) is 2.45. The summed E-state index contributed by atoms with van der Waals surface area (Å²) in [7, 11) is 0. The molecule has 1 aromatic carbocycles. The van der Waals surface area contributed by atoms with Crippen LogP contribution in [0.4, 0.5) is 10.1 Å². The van der Waals surface area contributed by atoms with Gasteiger partial charge in [0, 0.05) is 23.3 Å². The molecule has 3 rings (SSSR count). The van der Waals surface area contributed by atoms with Gasteiger partial charge in [-0.25, -0.2) is 4.39 Å². The van der Waals surface area contributed by atoms with Crippen LogP contribution in [0, 0.1) is 11.7 Å². The fourth-order valence-electron chi connectivity index (χ4n) is 2.84. The second kappa shape index (κ2) is 5.27. The number of halogens is 1. The van der Waals surface area contributed by atoms with Crippen LogP contribution in [-0.4, -0.2) is 11.1 Å². The monoisotopic (exact) mass is 274 g/mol. The number of anilines is 1. The van der Waals surface area contributed by atoms with Gasteiger partial charge in [-0.3, -0.25) is 4.98 Å². The first kappa shape index (κ1) is 13.2. The fraction of sp³-hybridized carbons (Fsp3) is 0.438. The van der Waals surface area contributed by atoms with Crippen molar-refractivity contribution in [3.8, 4) is 5.75 Å². The second-order valence-corrected chi connectivity index (χ2v) is 5.68. The Hall–Kier alpha value is -1.84. The molecule has 1 saturated carbocycles. The van der Waals surface area contributed by atoms with Crippen LogP contribution in [0.25, 0.3) is 10.9 Å². The van der Waals surface area contributed by atoms with Crippen LogP contribution in [-0.2, 0) is 0 Å². The van der Waals surface area contributed by atoms with E-state index in [-0.39, 0.29) is 11.9 Å². The number of ether oxygens (including phenoxy) is 1. The Bertz CT molecular complexity index is 621. The summed E-state index contributed by atoms with van der Waals surface area (Å²) >= 11 is 0. The highest BCUT2D eigenvalue weighted by Crippen LogP contribution is 2.34. The standard InChI is InChI=1S/C16H19FN2O/c1-10-4-6-11(7-5-10)20-16-13(17)9-14(18)12-3-2-8-19-15(12)16/h2-3,8-11H,4-7,18H2,1H3. The molecule has 0 atom stereocenters. The minimum absolute atomic E-state index is 0.0783. The molecule has 20 heavy (non-hydrogen) atoms. The molecule has 1 fully saturated rings. The van der Waals surface area contributed by atoms with Crippen molar-refractivity contribution < 1.29 is 9.13 Å². The number of hydrogen-bond acceptors (Lipinski definition) is 3. The lowest BCUT2D eigenvalue weighted by Crippen LogP contribution is -2.23. The average molecular weight is 274 g/mol. The van der Waals surface area contributed by atoms with E-state index in [9.17, 15) is 4.39 Å². The molecule has 1 aliphatic carbocycles. The van der Waals surface area contributed by atoms with Crippen molar-refractivity contribution in [1.82, 2.24) is 4.98 Å². The van der Waals surface area contributed by atoms with Gasteiger partial charge < -0.3 is 10.5 Å². The molecule has 0 radical (unpaired) electrons. The van der Waals surface area contributed by atoms with Gasteiger partial charge in [0.05, 0.1) is 6.10 Å². The molecule has 0 spiro atoms. The number of nitrogen functional groups attached to an aromatic ring is 1. The van der Waals surface area contributed by atoms with Crippen LogP contribution >= 0.6 is 0 Å². The molecule has 0 amide bonds. The molecule has 3 nitrogen and oxygen atoms in total. The Morgan fingerprint density at radius 3 is 2.80 bits per heavy atom. The van der Waals surface area contributed by atoms with E-state index in [0.717, 1.165) is 37.0 Å². The minimum Gasteiger partial charge on any atom is -0.485 e. The number of aromatic nitrogens is 1. The molecule has 0 bridgehead atoms. The van der Waals surface area contributed by atoms with Crippen molar-refractivity contribution in [3.63, 3.8) is 0 Å². The maximum Gasteiger partial charge on any atom is 0.181 e. The van der Waals surface area contributed by atoms with E-state index in [0.29, 0.717) is 11.2 Å². The summed E-state index contributed by atoms with van der Waals surface area (Å²) in [6.07, 6.45) is 5.92. The first-order valence-electron chi connectivity index (χ1n) is 7.14. The topological polar surface area (TPSA) is 48.1 Å². The number of nitrogens with zero attached hydrogens (tertiary/aromatic N) is 1. The van der Waals surface area contributed by atoms with Gasteiger partial charge in [-0.1, -0.05) is 6.92 Å². The molecule has 0 saturated heterocycles. The zero-order valence-electron chi connectivity index (χ0n) is 11.6. The van der Waals surface area contributed by atoms with Crippen molar-refractivity contribution in [2.75, 3.05) is 5.73 Å². The van der Waals surface area contributed by atoms with E-state index in [2.05, 4.69) is 11.9 Å². The third-order valence-electron chi connectivity index (χ3n) is 4.08. The summed E-state index contributed by atoms with van der Waals surface area (Å²) in [6.45, 7) is 2.25. The number of pyridine rings is 1. The number of fused-ring (bicyclic) bond motifs is 1. The maximum absolute atomic E-state index is 14.2. The van der Waals surface area contributed by atoms with E-state index in [4.69, 9.17) is 10.5 Å². The third kappa shape index (κ3) is 2.42. The first-order chi connectivity index (χ1) is 9.65. The van der Waals surface area contributed by atoms with Gasteiger partial charge in [0.2, 0.25) is 0 Å². The number of nitrogens with two attached hydrogens (primary N) is 1. The Balaban J connectivity index is 1.95. The second-order valence-electron chi connectivity index (χ2n) is 5.68. The van der Waals surface area contributed by atoms with Gasteiger partial charge in [0.15, 0.2) is 11.6 Å². The maximum atomic E-state index is 14.2. The highest BCUT2D eigenvalue weighted by Gasteiger charge is 2.22. The predicted octanol–water partition coefficient (Wildman–Crippen LogP) is 3.91. The van der Waals surface area contributed by atoms with Crippen LogP contribution in [0.3, 0.4) is 0 Å². The largest absolute Gasteiger partial charge is 0.485 e. The van der Waals surface area contributed by atoms with Crippen molar-refractivity contribution in [2.45, 2.75) is 38.7 Å². The molecule has 1 aromatic heterocycles. The third-order valence-corrected chi connectivity index (χ3v) is 4.08. The van der Waals surface area contributed by atoms with Gasteiger partial charge in [-0.15, -0.1) is 0 Å². The van der Waals surface area contributed by atoms with Gasteiger partial charge >= 0.3 is 0 Å². The summed E-state index contributed by atoms with van der Waals surface area (Å²) in [6, 6.07) is 4.96. The van der Waals surface area contributed by atoms with E-state index in [1.165, 1.54) is 6.07 Å². The molecule has 2 aromatic rings. The lowest BCUT2D eigenvalue weighted by molar-refractivity contribution is 0.132. The summed E-state index contributed by atoms with van der Waals surface area (Å²) in [5.74, 6) is 0.558. The van der Waals surface area contributed by atoms with E-state index >= 15 is 0 Å².